The van der Waals surface area contributed by atoms with Crippen molar-refractivity contribution in [1.82, 2.24) is 25.8 Å². The molecule has 1 unspecified atom stereocenters. The fourth-order valence-corrected chi connectivity index (χ4v) is 3.01. The van der Waals surface area contributed by atoms with Gasteiger partial charge in [-0.05, 0) is 43.5 Å². The molecule has 0 saturated heterocycles. The Bertz CT molecular complexity index is 891. The summed E-state index contributed by atoms with van der Waals surface area (Å²) < 4.78 is 0. The van der Waals surface area contributed by atoms with E-state index in [1.807, 2.05) is 12.1 Å². The van der Waals surface area contributed by atoms with Crippen LogP contribution in [0.4, 0.5) is 0 Å². The number of aromatic nitrogens is 3. The molecule has 28 heavy (non-hydrogen) atoms. The summed E-state index contributed by atoms with van der Waals surface area (Å²) >= 11 is 0. The van der Waals surface area contributed by atoms with E-state index in [-0.39, 0.29) is 30.0 Å². The Morgan fingerprint density at radius 1 is 1.18 bits per heavy atom. The molecule has 0 aliphatic rings. The van der Waals surface area contributed by atoms with Crippen LogP contribution in [0.25, 0.3) is 11.4 Å². The molecule has 2 aromatic carbocycles. The summed E-state index contributed by atoms with van der Waals surface area (Å²) in [5, 5.41) is 13.6. The summed E-state index contributed by atoms with van der Waals surface area (Å²) in [6.07, 6.45) is 1.51. The number of nitrogens with zero attached hydrogens (tertiary/aromatic N) is 3. The molecule has 3 aromatic rings. The second kappa shape index (κ2) is 10.8. The highest BCUT2D eigenvalue weighted by Crippen LogP contribution is 2.17. The number of nitrogens with one attached hydrogen (secondary N) is 3. The molecular formula is C21H27IN6. The van der Waals surface area contributed by atoms with E-state index in [1.165, 1.54) is 17.5 Å². The van der Waals surface area contributed by atoms with Gasteiger partial charge in [0.2, 0.25) is 0 Å². The van der Waals surface area contributed by atoms with Gasteiger partial charge in [0.25, 0.3) is 0 Å². The summed E-state index contributed by atoms with van der Waals surface area (Å²) in [5.74, 6) is 1.57. The Labute approximate surface area is 183 Å². The molecule has 0 fully saturated rings. The molecule has 1 atom stereocenters. The van der Waals surface area contributed by atoms with Crippen molar-refractivity contribution in [2.24, 2.45) is 4.99 Å². The minimum Gasteiger partial charge on any atom is -0.357 e. The van der Waals surface area contributed by atoms with Crippen LogP contribution >= 0.6 is 24.0 Å². The van der Waals surface area contributed by atoms with Crippen LogP contribution in [-0.4, -0.2) is 27.7 Å². The van der Waals surface area contributed by atoms with Crippen molar-refractivity contribution in [3.05, 3.63) is 71.5 Å². The first-order valence-electron chi connectivity index (χ1n) is 9.22. The molecule has 0 aliphatic carbocycles. The number of hydrogen-bond donors (Lipinski definition) is 3. The Kier molecular flexibility index (Phi) is 8.43. The zero-order chi connectivity index (χ0) is 19.1. The van der Waals surface area contributed by atoms with E-state index in [0.717, 1.165) is 29.5 Å². The van der Waals surface area contributed by atoms with E-state index in [9.17, 15) is 0 Å². The first-order valence-corrected chi connectivity index (χ1v) is 9.22. The van der Waals surface area contributed by atoms with Crippen LogP contribution < -0.4 is 10.6 Å². The van der Waals surface area contributed by atoms with Crippen LogP contribution in [-0.2, 0) is 6.54 Å². The average molecular weight is 490 g/mol. The van der Waals surface area contributed by atoms with Crippen LogP contribution in [0.5, 0.6) is 0 Å². The number of benzene rings is 2. The molecule has 6 nitrogen and oxygen atoms in total. The van der Waals surface area contributed by atoms with Crippen LogP contribution in [0, 0.1) is 6.92 Å². The summed E-state index contributed by atoms with van der Waals surface area (Å²) in [4.78, 5) is 8.96. The van der Waals surface area contributed by atoms with Crippen LogP contribution in [0.3, 0.4) is 0 Å². The largest absolute Gasteiger partial charge is 0.357 e. The van der Waals surface area contributed by atoms with E-state index < -0.39 is 0 Å². The molecule has 0 radical (unpaired) electrons. The van der Waals surface area contributed by atoms with Gasteiger partial charge in [-0.25, -0.2) is 9.98 Å². The molecule has 0 bridgehead atoms. The SMILES string of the molecule is CCNC(=NCc1cccc(-c2ncn[nH]2)c1)NC(C)c1ccccc1C.I. The molecule has 1 aromatic heterocycles. The highest BCUT2D eigenvalue weighted by Gasteiger charge is 2.10. The highest BCUT2D eigenvalue weighted by molar-refractivity contribution is 14.0. The maximum atomic E-state index is 4.75. The van der Waals surface area contributed by atoms with Gasteiger partial charge in [-0.2, -0.15) is 5.10 Å². The van der Waals surface area contributed by atoms with Gasteiger partial charge in [-0.1, -0.05) is 42.5 Å². The molecule has 0 amide bonds. The summed E-state index contributed by atoms with van der Waals surface area (Å²) in [6.45, 7) is 7.74. The van der Waals surface area contributed by atoms with E-state index in [0.29, 0.717) is 6.54 Å². The highest BCUT2D eigenvalue weighted by atomic mass is 127. The van der Waals surface area contributed by atoms with Crippen LogP contribution in [0.1, 0.15) is 36.6 Å². The maximum Gasteiger partial charge on any atom is 0.192 e. The van der Waals surface area contributed by atoms with Crippen molar-refractivity contribution in [1.29, 1.82) is 0 Å². The summed E-state index contributed by atoms with van der Waals surface area (Å²) in [6, 6.07) is 16.8. The third-order valence-electron chi connectivity index (χ3n) is 4.39. The zero-order valence-electron chi connectivity index (χ0n) is 16.4. The van der Waals surface area contributed by atoms with Crippen molar-refractivity contribution >= 4 is 29.9 Å². The van der Waals surface area contributed by atoms with Crippen molar-refractivity contribution in [2.75, 3.05) is 6.54 Å². The average Bonchev–Trinajstić information content (AvgIpc) is 3.22. The minimum atomic E-state index is 0. The van der Waals surface area contributed by atoms with Gasteiger partial charge >= 0.3 is 0 Å². The van der Waals surface area contributed by atoms with Crippen LogP contribution in [0.2, 0.25) is 0 Å². The van der Waals surface area contributed by atoms with Crippen molar-refractivity contribution < 1.29 is 0 Å². The lowest BCUT2D eigenvalue weighted by molar-refractivity contribution is 0.682. The van der Waals surface area contributed by atoms with Gasteiger partial charge in [0.1, 0.15) is 6.33 Å². The van der Waals surface area contributed by atoms with Gasteiger partial charge in [0.05, 0.1) is 12.6 Å². The number of H-pyrrole nitrogens is 1. The van der Waals surface area contributed by atoms with E-state index in [4.69, 9.17) is 4.99 Å². The fourth-order valence-electron chi connectivity index (χ4n) is 3.01. The molecule has 1 heterocycles. The fraction of sp³-hybridized carbons (Fsp3) is 0.286. The smallest absolute Gasteiger partial charge is 0.192 e. The lowest BCUT2D eigenvalue weighted by atomic mass is 10.0. The van der Waals surface area contributed by atoms with Crippen LogP contribution in [0.15, 0.2) is 59.9 Å². The summed E-state index contributed by atoms with van der Waals surface area (Å²) in [7, 11) is 0. The first kappa shape index (κ1) is 21.9. The third-order valence-corrected chi connectivity index (χ3v) is 4.39. The quantitative estimate of drug-likeness (QED) is 0.275. The number of guanidine groups is 1. The predicted molar refractivity (Wildman–Crippen MR) is 125 cm³/mol. The predicted octanol–water partition coefficient (Wildman–Crippen LogP) is 4.21. The van der Waals surface area contributed by atoms with Gasteiger partial charge in [0.15, 0.2) is 11.8 Å². The normalized spacial score (nSPS) is 12.2. The number of rotatable bonds is 6. The lowest BCUT2D eigenvalue weighted by Gasteiger charge is -2.19. The molecule has 0 aliphatic heterocycles. The van der Waals surface area contributed by atoms with Gasteiger partial charge < -0.3 is 10.6 Å². The topological polar surface area (TPSA) is 78.0 Å². The maximum absolute atomic E-state index is 4.75. The number of aromatic amines is 1. The molecule has 3 rings (SSSR count). The van der Waals surface area contributed by atoms with Crippen molar-refractivity contribution in [3.63, 3.8) is 0 Å². The minimum absolute atomic E-state index is 0. The van der Waals surface area contributed by atoms with E-state index in [2.05, 4.69) is 83.0 Å². The zero-order valence-corrected chi connectivity index (χ0v) is 18.8. The van der Waals surface area contributed by atoms with Gasteiger partial charge in [-0.3, -0.25) is 5.10 Å². The Balaban J connectivity index is 0.00000280. The number of aryl methyl sites for hydroxylation is 1. The Morgan fingerprint density at radius 2 is 2.00 bits per heavy atom. The molecule has 148 valence electrons. The molecular weight excluding hydrogens is 463 g/mol. The second-order valence-electron chi connectivity index (χ2n) is 6.45. The van der Waals surface area contributed by atoms with E-state index in [1.54, 1.807) is 0 Å². The van der Waals surface area contributed by atoms with E-state index >= 15 is 0 Å². The Morgan fingerprint density at radius 3 is 2.71 bits per heavy atom. The number of hydrogen-bond acceptors (Lipinski definition) is 3. The molecule has 7 heteroatoms. The molecule has 3 N–H and O–H groups in total. The van der Waals surface area contributed by atoms with Crippen molar-refractivity contribution in [2.45, 2.75) is 33.4 Å². The van der Waals surface area contributed by atoms with Crippen molar-refractivity contribution in [3.8, 4) is 11.4 Å². The Hall–Kier alpha value is -2.42. The number of aliphatic imine (C=N–C) groups is 1. The standard InChI is InChI=1S/C21H26N6.HI/c1-4-22-21(26-16(3)19-11-6-5-8-15(19)2)23-13-17-9-7-10-18(12-17)20-24-14-25-27-20;/h5-12,14,16H,4,13H2,1-3H3,(H2,22,23,26)(H,24,25,27);1H. The lowest BCUT2D eigenvalue weighted by Crippen LogP contribution is -2.38. The summed E-state index contributed by atoms with van der Waals surface area (Å²) in [5.41, 5.74) is 4.67. The monoisotopic (exact) mass is 490 g/mol. The van der Waals surface area contributed by atoms with Gasteiger partial charge in [-0.15, -0.1) is 24.0 Å². The molecule has 0 saturated carbocycles. The number of halogens is 1. The van der Waals surface area contributed by atoms with Gasteiger partial charge in [0, 0.05) is 12.1 Å². The first-order chi connectivity index (χ1) is 13.2. The third kappa shape index (κ3) is 5.79. The molecule has 0 spiro atoms. The second-order valence-corrected chi connectivity index (χ2v) is 6.45.